The SMILES string of the molecule is CCC(CO)CNCC1CCOCC1. The molecule has 0 aliphatic carbocycles. The van der Waals surface area contributed by atoms with E-state index in [-0.39, 0.29) is 0 Å². The van der Waals surface area contributed by atoms with Crippen LogP contribution in [0.2, 0.25) is 0 Å². The minimum absolute atomic E-state index is 0.303. The molecule has 0 aromatic rings. The zero-order valence-corrected chi connectivity index (χ0v) is 9.17. The fourth-order valence-electron chi connectivity index (χ4n) is 1.78. The standard InChI is InChI=1S/C11H23NO2/c1-2-10(9-13)7-12-8-11-3-5-14-6-4-11/h10-13H,2-9H2,1H3. The van der Waals surface area contributed by atoms with Crippen LogP contribution in [-0.4, -0.2) is 38.0 Å². The van der Waals surface area contributed by atoms with E-state index in [4.69, 9.17) is 9.84 Å². The van der Waals surface area contributed by atoms with Crippen molar-refractivity contribution in [2.75, 3.05) is 32.9 Å². The Hall–Kier alpha value is -0.120. The predicted molar refractivity (Wildman–Crippen MR) is 57.3 cm³/mol. The molecule has 0 spiro atoms. The highest BCUT2D eigenvalue weighted by atomic mass is 16.5. The summed E-state index contributed by atoms with van der Waals surface area (Å²) in [6, 6.07) is 0. The van der Waals surface area contributed by atoms with Gasteiger partial charge in [-0.15, -0.1) is 0 Å². The van der Waals surface area contributed by atoms with Crippen molar-refractivity contribution in [2.24, 2.45) is 11.8 Å². The van der Waals surface area contributed by atoms with Crippen LogP contribution in [0, 0.1) is 11.8 Å². The van der Waals surface area contributed by atoms with E-state index in [1.165, 1.54) is 12.8 Å². The smallest absolute Gasteiger partial charge is 0.0471 e. The maximum Gasteiger partial charge on any atom is 0.0471 e. The normalized spacial score (nSPS) is 21.0. The van der Waals surface area contributed by atoms with E-state index in [1.54, 1.807) is 0 Å². The first-order valence-electron chi connectivity index (χ1n) is 5.76. The third-order valence-electron chi connectivity index (χ3n) is 3.04. The first kappa shape index (κ1) is 12.0. The van der Waals surface area contributed by atoms with Crippen molar-refractivity contribution in [3.63, 3.8) is 0 Å². The number of ether oxygens (including phenoxy) is 1. The molecule has 0 aromatic heterocycles. The molecule has 1 saturated heterocycles. The topological polar surface area (TPSA) is 41.5 Å². The van der Waals surface area contributed by atoms with Gasteiger partial charge in [-0.3, -0.25) is 0 Å². The third kappa shape index (κ3) is 4.40. The van der Waals surface area contributed by atoms with Gasteiger partial charge in [0.25, 0.3) is 0 Å². The van der Waals surface area contributed by atoms with E-state index < -0.39 is 0 Å². The summed E-state index contributed by atoms with van der Waals surface area (Å²) >= 11 is 0. The van der Waals surface area contributed by atoms with Crippen LogP contribution >= 0.6 is 0 Å². The van der Waals surface area contributed by atoms with Crippen LogP contribution in [0.15, 0.2) is 0 Å². The van der Waals surface area contributed by atoms with E-state index in [0.29, 0.717) is 12.5 Å². The zero-order chi connectivity index (χ0) is 10.2. The Morgan fingerprint density at radius 1 is 1.43 bits per heavy atom. The summed E-state index contributed by atoms with van der Waals surface area (Å²) in [5, 5.41) is 12.4. The first-order valence-corrected chi connectivity index (χ1v) is 5.76. The highest BCUT2D eigenvalue weighted by Crippen LogP contribution is 2.13. The maximum atomic E-state index is 9.00. The molecule has 0 saturated carbocycles. The predicted octanol–water partition coefficient (Wildman–Crippen LogP) is 1.02. The molecule has 0 amide bonds. The van der Waals surface area contributed by atoms with Crippen molar-refractivity contribution in [3.8, 4) is 0 Å². The van der Waals surface area contributed by atoms with Crippen LogP contribution in [0.4, 0.5) is 0 Å². The quantitative estimate of drug-likeness (QED) is 0.674. The molecule has 1 aliphatic rings. The van der Waals surface area contributed by atoms with Crippen molar-refractivity contribution in [3.05, 3.63) is 0 Å². The molecule has 0 aromatic carbocycles. The Kier molecular flexibility index (Phi) is 6.15. The van der Waals surface area contributed by atoms with Gasteiger partial charge in [0.05, 0.1) is 0 Å². The Labute approximate surface area is 86.8 Å². The first-order chi connectivity index (χ1) is 6.86. The number of hydrogen-bond acceptors (Lipinski definition) is 3. The van der Waals surface area contributed by atoms with Crippen molar-refractivity contribution in [1.82, 2.24) is 5.32 Å². The van der Waals surface area contributed by atoms with E-state index in [0.717, 1.165) is 38.6 Å². The van der Waals surface area contributed by atoms with Crippen LogP contribution in [0.1, 0.15) is 26.2 Å². The average molecular weight is 201 g/mol. The summed E-state index contributed by atoms with van der Waals surface area (Å²) in [6.45, 7) is 6.30. The minimum atomic E-state index is 0.303. The fraction of sp³-hybridized carbons (Fsp3) is 1.00. The number of hydrogen-bond donors (Lipinski definition) is 2. The second-order valence-electron chi connectivity index (χ2n) is 4.17. The number of rotatable bonds is 6. The largest absolute Gasteiger partial charge is 0.396 e. The lowest BCUT2D eigenvalue weighted by atomic mass is 10.00. The van der Waals surface area contributed by atoms with Crippen molar-refractivity contribution >= 4 is 0 Å². The van der Waals surface area contributed by atoms with Gasteiger partial charge in [0.2, 0.25) is 0 Å². The Morgan fingerprint density at radius 3 is 2.71 bits per heavy atom. The molecule has 14 heavy (non-hydrogen) atoms. The molecule has 1 rings (SSSR count). The number of aliphatic hydroxyl groups is 1. The summed E-state index contributed by atoms with van der Waals surface area (Å²) in [4.78, 5) is 0. The van der Waals surface area contributed by atoms with Gasteiger partial charge < -0.3 is 15.2 Å². The summed E-state index contributed by atoms with van der Waals surface area (Å²) in [5.41, 5.74) is 0. The van der Waals surface area contributed by atoms with Gasteiger partial charge in [0.1, 0.15) is 0 Å². The van der Waals surface area contributed by atoms with Gasteiger partial charge in [-0.2, -0.15) is 0 Å². The van der Waals surface area contributed by atoms with E-state index >= 15 is 0 Å². The summed E-state index contributed by atoms with van der Waals surface area (Å²) < 4.78 is 5.30. The molecule has 1 aliphatic heterocycles. The molecule has 1 heterocycles. The molecule has 0 radical (unpaired) electrons. The average Bonchev–Trinajstić information content (AvgIpc) is 2.26. The van der Waals surface area contributed by atoms with Crippen LogP contribution < -0.4 is 5.32 Å². The highest BCUT2D eigenvalue weighted by molar-refractivity contribution is 4.67. The molecule has 2 N–H and O–H groups in total. The van der Waals surface area contributed by atoms with Crippen LogP contribution in [-0.2, 0) is 4.74 Å². The van der Waals surface area contributed by atoms with Crippen LogP contribution in [0.25, 0.3) is 0 Å². The van der Waals surface area contributed by atoms with Gasteiger partial charge in [-0.25, -0.2) is 0 Å². The second kappa shape index (κ2) is 7.21. The molecular weight excluding hydrogens is 178 g/mol. The van der Waals surface area contributed by atoms with E-state index in [1.807, 2.05) is 0 Å². The van der Waals surface area contributed by atoms with E-state index in [2.05, 4.69) is 12.2 Å². The molecule has 0 bridgehead atoms. The molecule has 1 unspecified atom stereocenters. The lowest BCUT2D eigenvalue weighted by Crippen LogP contribution is -2.32. The van der Waals surface area contributed by atoms with Gasteiger partial charge >= 0.3 is 0 Å². The number of aliphatic hydroxyl groups excluding tert-OH is 1. The minimum Gasteiger partial charge on any atom is -0.396 e. The van der Waals surface area contributed by atoms with Crippen LogP contribution in [0.5, 0.6) is 0 Å². The van der Waals surface area contributed by atoms with Crippen molar-refractivity contribution in [2.45, 2.75) is 26.2 Å². The summed E-state index contributed by atoms with van der Waals surface area (Å²) in [5.74, 6) is 1.20. The molecule has 3 heteroatoms. The molecular formula is C11H23NO2. The van der Waals surface area contributed by atoms with Gasteiger partial charge in [0.15, 0.2) is 0 Å². The Balaban J connectivity index is 2.01. The molecule has 1 fully saturated rings. The van der Waals surface area contributed by atoms with Gasteiger partial charge in [0, 0.05) is 26.4 Å². The lowest BCUT2D eigenvalue weighted by Gasteiger charge is -2.23. The van der Waals surface area contributed by atoms with Crippen molar-refractivity contribution in [1.29, 1.82) is 0 Å². The molecule has 1 atom stereocenters. The fourth-order valence-corrected chi connectivity index (χ4v) is 1.78. The summed E-state index contributed by atoms with van der Waals surface area (Å²) in [6.07, 6.45) is 3.42. The van der Waals surface area contributed by atoms with Gasteiger partial charge in [-0.1, -0.05) is 6.92 Å². The second-order valence-corrected chi connectivity index (χ2v) is 4.17. The van der Waals surface area contributed by atoms with E-state index in [9.17, 15) is 0 Å². The van der Waals surface area contributed by atoms with Crippen molar-refractivity contribution < 1.29 is 9.84 Å². The zero-order valence-electron chi connectivity index (χ0n) is 9.17. The summed E-state index contributed by atoms with van der Waals surface area (Å²) in [7, 11) is 0. The monoisotopic (exact) mass is 201 g/mol. The third-order valence-corrected chi connectivity index (χ3v) is 3.04. The Morgan fingerprint density at radius 2 is 2.14 bits per heavy atom. The number of nitrogens with one attached hydrogen (secondary N) is 1. The molecule has 3 nitrogen and oxygen atoms in total. The lowest BCUT2D eigenvalue weighted by molar-refractivity contribution is 0.0657. The Bertz CT molecular complexity index is 131. The van der Waals surface area contributed by atoms with Gasteiger partial charge in [-0.05, 0) is 37.6 Å². The maximum absolute atomic E-state index is 9.00. The highest BCUT2D eigenvalue weighted by Gasteiger charge is 2.13. The molecule has 84 valence electrons. The van der Waals surface area contributed by atoms with Crippen LogP contribution in [0.3, 0.4) is 0 Å².